The van der Waals surface area contributed by atoms with Crippen molar-refractivity contribution in [2.45, 2.75) is 52.7 Å². The van der Waals surface area contributed by atoms with Crippen molar-refractivity contribution >= 4 is 11.8 Å². The highest BCUT2D eigenvalue weighted by atomic mass is 16.5. The number of aliphatic imine (C=N–C) groups is 1. The number of ether oxygens (including phenoxy) is 1. The highest BCUT2D eigenvalue weighted by Crippen LogP contribution is 2.18. The summed E-state index contributed by atoms with van der Waals surface area (Å²) in [4.78, 5) is 11.8. The molecule has 1 fully saturated rings. The van der Waals surface area contributed by atoms with E-state index >= 15 is 0 Å². The molecule has 2 heterocycles. The van der Waals surface area contributed by atoms with Crippen LogP contribution in [-0.4, -0.2) is 49.3 Å². The molecule has 0 saturated carbocycles. The van der Waals surface area contributed by atoms with Gasteiger partial charge in [0.25, 0.3) is 0 Å². The maximum atomic E-state index is 5.98. The Balaban J connectivity index is 1.49. The highest BCUT2D eigenvalue weighted by Gasteiger charge is 2.21. The van der Waals surface area contributed by atoms with Gasteiger partial charge in [0.15, 0.2) is 5.96 Å². The molecular weight excluding hydrogens is 374 g/mol. The van der Waals surface area contributed by atoms with Gasteiger partial charge in [-0.25, -0.2) is 9.98 Å². The van der Waals surface area contributed by atoms with Crippen LogP contribution < -0.4 is 20.3 Å². The first-order valence-electron chi connectivity index (χ1n) is 11.0. The third kappa shape index (κ3) is 6.65. The van der Waals surface area contributed by atoms with Crippen molar-refractivity contribution in [3.8, 4) is 5.75 Å². The lowest BCUT2D eigenvalue weighted by Gasteiger charge is -2.34. The fourth-order valence-electron chi connectivity index (χ4n) is 3.58. The van der Waals surface area contributed by atoms with E-state index in [9.17, 15) is 0 Å². The predicted octanol–water partition coefficient (Wildman–Crippen LogP) is 3.69. The van der Waals surface area contributed by atoms with Gasteiger partial charge in [-0.2, -0.15) is 0 Å². The Morgan fingerprint density at radius 1 is 1.17 bits per heavy atom. The molecule has 6 nitrogen and oxygen atoms in total. The maximum Gasteiger partial charge on any atom is 0.191 e. The molecule has 1 aromatic carbocycles. The number of hydrogen-bond acceptors (Lipinski definition) is 4. The van der Waals surface area contributed by atoms with Gasteiger partial charge in [0.2, 0.25) is 0 Å². The summed E-state index contributed by atoms with van der Waals surface area (Å²) in [5.74, 6) is 2.83. The monoisotopic (exact) mass is 409 g/mol. The molecule has 0 bridgehead atoms. The van der Waals surface area contributed by atoms with Gasteiger partial charge in [0, 0.05) is 31.4 Å². The van der Waals surface area contributed by atoms with Crippen LogP contribution in [0.3, 0.4) is 0 Å². The van der Waals surface area contributed by atoms with Crippen molar-refractivity contribution in [1.29, 1.82) is 0 Å². The van der Waals surface area contributed by atoms with E-state index in [1.165, 1.54) is 5.56 Å². The zero-order valence-electron chi connectivity index (χ0n) is 18.7. The second kappa shape index (κ2) is 10.9. The number of aryl methyl sites for hydroxylation is 2. The van der Waals surface area contributed by atoms with Crippen LogP contribution in [0.1, 0.15) is 37.9 Å². The summed E-state index contributed by atoms with van der Waals surface area (Å²) in [6, 6.07) is 14.8. The summed E-state index contributed by atoms with van der Waals surface area (Å²) in [6.07, 6.45) is 2.14. The van der Waals surface area contributed by atoms with Crippen molar-refractivity contribution in [3.63, 3.8) is 0 Å². The Morgan fingerprint density at radius 3 is 2.57 bits per heavy atom. The molecule has 1 aliphatic heterocycles. The zero-order chi connectivity index (χ0) is 21.3. The Labute approximate surface area is 180 Å². The van der Waals surface area contributed by atoms with Gasteiger partial charge in [0.1, 0.15) is 17.7 Å². The van der Waals surface area contributed by atoms with Crippen molar-refractivity contribution in [2.24, 2.45) is 4.99 Å². The van der Waals surface area contributed by atoms with E-state index in [0.29, 0.717) is 12.6 Å². The lowest BCUT2D eigenvalue weighted by molar-refractivity contribution is 0.230. The fraction of sp³-hybridized carbons (Fsp3) is 0.500. The number of anilines is 1. The molecule has 0 aliphatic carbocycles. The molecule has 0 spiro atoms. The van der Waals surface area contributed by atoms with E-state index in [0.717, 1.165) is 55.7 Å². The number of rotatable bonds is 7. The maximum absolute atomic E-state index is 5.98. The molecule has 2 aromatic rings. The van der Waals surface area contributed by atoms with Gasteiger partial charge >= 0.3 is 0 Å². The normalized spacial score (nSPS) is 16.3. The number of pyridine rings is 1. The SMILES string of the molecule is CCNC(=NCC(C)Oc1ccc(C)cc1)NC1CCN(c2cccc(C)n2)CC1. The number of aromatic nitrogens is 1. The van der Waals surface area contributed by atoms with Gasteiger partial charge in [-0.15, -0.1) is 0 Å². The van der Waals surface area contributed by atoms with Gasteiger partial charge < -0.3 is 20.3 Å². The van der Waals surface area contributed by atoms with E-state index in [2.05, 4.69) is 65.6 Å². The number of benzene rings is 1. The number of hydrogen-bond donors (Lipinski definition) is 2. The van der Waals surface area contributed by atoms with Crippen molar-refractivity contribution in [2.75, 3.05) is 31.1 Å². The van der Waals surface area contributed by atoms with Crippen LogP contribution >= 0.6 is 0 Å². The van der Waals surface area contributed by atoms with Crippen LogP contribution in [0.5, 0.6) is 5.75 Å². The first-order valence-corrected chi connectivity index (χ1v) is 11.0. The summed E-state index contributed by atoms with van der Waals surface area (Å²) < 4.78 is 5.98. The number of guanidine groups is 1. The molecule has 0 radical (unpaired) electrons. The quantitative estimate of drug-likeness (QED) is 0.539. The zero-order valence-corrected chi connectivity index (χ0v) is 18.7. The minimum Gasteiger partial charge on any atom is -0.489 e. The minimum absolute atomic E-state index is 0.0115. The van der Waals surface area contributed by atoms with Crippen molar-refractivity contribution in [1.82, 2.24) is 15.6 Å². The third-order valence-corrected chi connectivity index (χ3v) is 5.24. The van der Waals surface area contributed by atoms with Gasteiger partial charge in [-0.05, 0) is 64.8 Å². The molecule has 0 amide bonds. The van der Waals surface area contributed by atoms with E-state index in [1.807, 2.05) is 25.1 Å². The molecule has 1 aliphatic rings. The summed E-state index contributed by atoms with van der Waals surface area (Å²) in [5.41, 5.74) is 2.30. The van der Waals surface area contributed by atoms with Crippen LogP contribution in [0.25, 0.3) is 0 Å². The second-order valence-corrected chi connectivity index (χ2v) is 8.00. The Morgan fingerprint density at radius 2 is 1.90 bits per heavy atom. The number of piperidine rings is 1. The predicted molar refractivity (Wildman–Crippen MR) is 125 cm³/mol. The van der Waals surface area contributed by atoms with Crippen LogP contribution in [0, 0.1) is 13.8 Å². The summed E-state index contributed by atoms with van der Waals surface area (Å²) in [6.45, 7) is 11.7. The minimum atomic E-state index is 0.0115. The lowest BCUT2D eigenvalue weighted by Crippen LogP contribution is -2.49. The average molecular weight is 410 g/mol. The van der Waals surface area contributed by atoms with Crippen LogP contribution in [0.4, 0.5) is 5.82 Å². The van der Waals surface area contributed by atoms with Crippen molar-refractivity contribution in [3.05, 3.63) is 53.7 Å². The smallest absolute Gasteiger partial charge is 0.191 e. The second-order valence-electron chi connectivity index (χ2n) is 8.00. The molecule has 3 rings (SSSR count). The molecule has 1 atom stereocenters. The average Bonchev–Trinajstić information content (AvgIpc) is 2.74. The molecule has 2 N–H and O–H groups in total. The molecule has 6 heteroatoms. The number of nitrogens with one attached hydrogen (secondary N) is 2. The Bertz CT molecular complexity index is 813. The molecule has 1 unspecified atom stereocenters. The van der Waals surface area contributed by atoms with Crippen LogP contribution in [-0.2, 0) is 0 Å². The van der Waals surface area contributed by atoms with Gasteiger partial charge in [-0.1, -0.05) is 23.8 Å². The standard InChI is InChI=1S/C24H35N5O/c1-5-25-24(26-17-20(4)30-22-11-9-18(2)10-12-22)28-21-13-15-29(16-14-21)23-8-6-7-19(3)27-23/h6-12,20-21H,5,13-17H2,1-4H3,(H2,25,26,28). The van der Waals surface area contributed by atoms with Gasteiger partial charge in [0.05, 0.1) is 6.54 Å². The first kappa shape index (κ1) is 21.9. The van der Waals surface area contributed by atoms with Crippen LogP contribution in [0.2, 0.25) is 0 Å². The van der Waals surface area contributed by atoms with Crippen LogP contribution in [0.15, 0.2) is 47.5 Å². The van der Waals surface area contributed by atoms with Gasteiger partial charge in [-0.3, -0.25) is 0 Å². The largest absolute Gasteiger partial charge is 0.489 e. The topological polar surface area (TPSA) is 61.8 Å². The third-order valence-electron chi connectivity index (χ3n) is 5.24. The molecule has 1 aromatic heterocycles. The fourth-order valence-corrected chi connectivity index (χ4v) is 3.58. The van der Waals surface area contributed by atoms with Crippen molar-refractivity contribution < 1.29 is 4.74 Å². The summed E-state index contributed by atoms with van der Waals surface area (Å²) in [7, 11) is 0. The van der Waals surface area contributed by atoms with E-state index in [1.54, 1.807) is 0 Å². The molecule has 1 saturated heterocycles. The van der Waals surface area contributed by atoms with E-state index < -0.39 is 0 Å². The highest BCUT2D eigenvalue weighted by molar-refractivity contribution is 5.80. The summed E-state index contributed by atoms with van der Waals surface area (Å²) >= 11 is 0. The summed E-state index contributed by atoms with van der Waals surface area (Å²) in [5, 5.41) is 6.97. The number of nitrogens with zero attached hydrogens (tertiary/aromatic N) is 3. The molecule has 162 valence electrons. The molecule has 30 heavy (non-hydrogen) atoms. The lowest BCUT2D eigenvalue weighted by atomic mass is 10.1. The Hall–Kier alpha value is -2.76. The van der Waals surface area contributed by atoms with E-state index in [-0.39, 0.29) is 6.10 Å². The first-order chi connectivity index (χ1) is 14.5. The molecular formula is C24H35N5O. The van der Waals surface area contributed by atoms with E-state index in [4.69, 9.17) is 9.73 Å². The Kier molecular flexibility index (Phi) is 7.94.